The third-order valence-corrected chi connectivity index (χ3v) is 4.35. The lowest BCUT2D eigenvalue weighted by Crippen LogP contribution is -2.37. The van der Waals surface area contributed by atoms with Crippen LogP contribution in [0.2, 0.25) is 0 Å². The Morgan fingerprint density at radius 2 is 2.35 bits per heavy atom. The van der Waals surface area contributed by atoms with E-state index in [9.17, 15) is 8.42 Å². The second kappa shape index (κ2) is 5.61. The van der Waals surface area contributed by atoms with Gasteiger partial charge in [0, 0.05) is 12.6 Å². The SMILES string of the molecule is O=S(=O)(NCCC1CCCCN1)c1cnc[nH]1. The van der Waals surface area contributed by atoms with Gasteiger partial charge in [0.15, 0.2) is 5.03 Å². The Labute approximate surface area is 101 Å². The van der Waals surface area contributed by atoms with Crippen LogP contribution >= 0.6 is 0 Å². The van der Waals surface area contributed by atoms with Crippen LogP contribution < -0.4 is 10.0 Å². The Morgan fingerprint density at radius 3 is 3.00 bits per heavy atom. The highest BCUT2D eigenvalue weighted by atomic mass is 32.2. The van der Waals surface area contributed by atoms with E-state index in [4.69, 9.17) is 0 Å². The van der Waals surface area contributed by atoms with Crippen LogP contribution in [0, 0.1) is 0 Å². The zero-order chi connectivity index (χ0) is 12.1. The molecule has 2 rings (SSSR count). The van der Waals surface area contributed by atoms with Crippen LogP contribution in [0.1, 0.15) is 25.7 Å². The maximum atomic E-state index is 11.7. The number of hydrogen-bond acceptors (Lipinski definition) is 4. The Morgan fingerprint density at radius 1 is 1.47 bits per heavy atom. The molecule has 1 fully saturated rings. The predicted octanol–water partition coefficient (Wildman–Crippen LogP) is 0.220. The molecule has 96 valence electrons. The molecule has 0 amide bonds. The minimum absolute atomic E-state index is 0.120. The smallest absolute Gasteiger partial charge is 0.257 e. The van der Waals surface area contributed by atoms with Crippen molar-refractivity contribution in [2.24, 2.45) is 0 Å². The summed E-state index contributed by atoms with van der Waals surface area (Å²) in [4.78, 5) is 6.29. The molecule has 1 aliphatic heterocycles. The van der Waals surface area contributed by atoms with E-state index < -0.39 is 10.0 Å². The Balaban J connectivity index is 1.78. The first-order valence-corrected chi connectivity index (χ1v) is 7.38. The van der Waals surface area contributed by atoms with Gasteiger partial charge < -0.3 is 10.3 Å². The van der Waals surface area contributed by atoms with Crippen LogP contribution in [0.25, 0.3) is 0 Å². The average molecular weight is 258 g/mol. The molecule has 1 aromatic heterocycles. The van der Waals surface area contributed by atoms with Gasteiger partial charge in [0.1, 0.15) is 0 Å². The number of H-pyrrole nitrogens is 1. The maximum absolute atomic E-state index is 11.7. The Bertz CT molecular complexity index is 423. The summed E-state index contributed by atoms with van der Waals surface area (Å²) < 4.78 is 26.0. The summed E-state index contributed by atoms with van der Waals surface area (Å²) in [5, 5.41) is 3.50. The first-order chi connectivity index (χ1) is 8.18. The number of aromatic nitrogens is 2. The van der Waals surface area contributed by atoms with Crippen LogP contribution in [-0.4, -0.2) is 37.5 Å². The second-order valence-corrected chi connectivity index (χ2v) is 5.98. The fourth-order valence-corrected chi connectivity index (χ4v) is 2.96. The number of nitrogens with zero attached hydrogens (tertiary/aromatic N) is 1. The van der Waals surface area contributed by atoms with E-state index in [0.29, 0.717) is 12.6 Å². The summed E-state index contributed by atoms with van der Waals surface area (Å²) in [6.07, 6.45) is 7.07. The van der Waals surface area contributed by atoms with Gasteiger partial charge in [0.05, 0.1) is 12.5 Å². The van der Waals surface area contributed by atoms with E-state index in [1.54, 1.807) is 0 Å². The van der Waals surface area contributed by atoms with Crippen LogP contribution in [0.4, 0.5) is 0 Å². The van der Waals surface area contributed by atoms with Gasteiger partial charge in [0.25, 0.3) is 10.0 Å². The number of nitrogens with one attached hydrogen (secondary N) is 3. The lowest BCUT2D eigenvalue weighted by molar-refractivity contribution is 0.382. The molecule has 7 heteroatoms. The van der Waals surface area contributed by atoms with Crippen molar-refractivity contribution in [3.05, 3.63) is 12.5 Å². The third-order valence-electron chi connectivity index (χ3n) is 2.96. The minimum atomic E-state index is -3.41. The minimum Gasteiger partial charge on any atom is -0.335 e. The van der Waals surface area contributed by atoms with Crippen molar-refractivity contribution < 1.29 is 8.42 Å². The van der Waals surface area contributed by atoms with E-state index in [1.807, 2.05) is 0 Å². The molecule has 1 atom stereocenters. The fourth-order valence-electron chi connectivity index (χ4n) is 2.01. The highest BCUT2D eigenvalue weighted by Crippen LogP contribution is 2.10. The lowest BCUT2D eigenvalue weighted by atomic mass is 10.0. The lowest BCUT2D eigenvalue weighted by Gasteiger charge is -2.23. The number of piperidine rings is 1. The Hall–Kier alpha value is -0.920. The summed E-state index contributed by atoms with van der Waals surface area (Å²) in [6.45, 7) is 1.50. The number of imidazole rings is 1. The molecule has 0 bridgehead atoms. The first kappa shape index (κ1) is 12.5. The molecule has 0 radical (unpaired) electrons. The number of rotatable bonds is 5. The maximum Gasteiger partial charge on any atom is 0.257 e. The highest BCUT2D eigenvalue weighted by molar-refractivity contribution is 7.89. The standard InChI is InChI=1S/C10H18N4O2S/c15-17(16,10-7-11-8-13-10)14-6-4-9-3-1-2-5-12-9/h7-9,12,14H,1-6H2,(H,11,13). The molecule has 6 nitrogen and oxygen atoms in total. The van der Waals surface area contributed by atoms with Crippen molar-refractivity contribution >= 4 is 10.0 Å². The zero-order valence-electron chi connectivity index (χ0n) is 9.65. The Kier molecular flexibility index (Phi) is 4.14. The molecule has 1 saturated heterocycles. The van der Waals surface area contributed by atoms with Gasteiger partial charge in [-0.05, 0) is 25.8 Å². The molecule has 1 aromatic rings. The largest absolute Gasteiger partial charge is 0.335 e. The quantitative estimate of drug-likeness (QED) is 0.705. The molecule has 0 saturated carbocycles. The van der Waals surface area contributed by atoms with Crippen LogP contribution in [0.3, 0.4) is 0 Å². The molecule has 0 aliphatic carbocycles. The molecular formula is C10H18N4O2S. The normalized spacial score (nSPS) is 21.5. The van der Waals surface area contributed by atoms with E-state index in [-0.39, 0.29) is 5.03 Å². The molecule has 1 aliphatic rings. The van der Waals surface area contributed by atoms with Crippen molar-refractivity contribution in [1.82, 2.24) is 20.0 Å². The number of hydrogen-bond donors (Lipinski definition) is 3. The predicted molar refractivity (Wildman–Crippen MR) is 64.0 cm³/mol. The summed E-state index contributed by atoms with van der Waals surface area (Å²) in [5.74, 6) is 0. The monoisotopic (exact) mass is 258 g/mol. The van der Waals surface area contributed by atoms with Gasteiger partial charge >= 0.3 is 0 Å². The van der Waals surface area contributed by atoms with Crippen LogP contribution in [-0.2, 0) is 10.0 Å². The number of sulfonamides is 1. The van der Waals surface area contributed by atoms with E-state index in [0.717, 1.165) is 19.4 Å². The molecule has 17 heavy (non-hydrogen) atoms. The first-order valence-electron chi connectivity index (χ1n) is 5.90. The van der Waals surface area contributed by atoms with Gasteiger partial charge in [-0.25, -0.2) is 18.1 Å². The van der Waals surface area contributed by atoms with Crippen LogP contribution in [0.15, 0.2) is 17.6 Å². The summed E-state index contributed by atoms with van der Waals surface area (Å²) in [6, 6.07) is 0.438. The van der Waals surface area contributed by atoms with Crippen molar-refractivity contribution in [1.29, 1.82) is 0 Å². The summed E-state index contributed by atoms with van der Waals surface area (Å²) in [5.41, 5.74) is 0. The van der Waals surface area contributed by atoms with E-state index >= 15 is 0 Å². The number of aromatic amines is 1. The van der Waals surface area contributed by atoms with Crippen molar-refractivity contribution in [3.63, 3.8) is 0 Å². The second-order valence-electron chi connectivity index (χ2n) is 4.25. The highest BCUT2D eigenvalue weighted by Gasteiger charge is 2.17. The summed E-state index contributed by atoms with van der Waals surface area (Å²) in [7, 11) is -3.41. The molecule has 0 spiro atoms. The van der Waals surface area contributed by atoms with E-state index in [1.165, 1.54) is 25.4 Å². The fraction of sp³-hybridized carbons (Fsp3) is 0.700. The van der Waals surface area contributed by atoms with Gasteiger partial charge in [-0.3, -0.25) is 0 Å². The van der Waals surface area contributed by atoms with Crippen molar-refractivity contribution in [3.8, 4) is 0 Å². The third kappa shape index (κ3) is 3.52. The van der Waals surface area contributed by atoms with Crippen LogP contribution in [0.5, 0.6) is 0 Å². The van der Waals surface area contributed by atoms with E-state index in [2.05, 4.69) is 20.0 Å². The van der Waals surface area contributed by atoms with Gasteiger partial charge in [0.2, 0.25) is 0 Å². The molecular weight excluding hydrogens is 240 g/mol. The molecule has 2 heterocycles. The average Bonchev–Trinajstić information content (AvgIpc) is 2.84. The summed E-state index contributed by atoms with van der Waals surface area (Å²) >= 11 is 0. The topological polar surface area (TPSA) is 86.9 Å². The molecule has 3 N–H and O–H groups in total. The van der Waals surface area contributed by atoms with Crippen molar-refractivity contribution in [2.75, 3.05) is 13.1 Å². The molecule has 1 unspecified atom stereocenters. The van der Waals surface area contributed by atoms with Gasteiger partial charge in [-0.15, -0.1) is 0 Å². The van der Waals surface area contributed by atoms with Crippen molar-refractivity contribution in [2.45, 2.75) is 36.8 Å². The van der Waals surface area contributed by atoms with Gasteiger partial charge in [-0.2, -0.15) is 0 Å². The zero-order valence-corrected chi connectivity index (χ0v) is 10.5. The van der Waals surface area contributed by atoms with Gasteiger partial charge in [-0.1, -0.05) is 6.42 Å². The molecule has 0 aromatic carbocycles.